The van der Waals surface area contributed by atoms with E-state index in [9.17, 15) is 18.0 Å². The maximum atomic E-state index is 12.9. The van der Waals surface area contributed by atoms with Gasteiger partial charge in [0.2, 0.25) is 5.91 Å². The molecule has 0 aliphatic carbocycles. The molecule has 0 spiro atoms. The van der Waals surface area contributed by atoms with E-state index in [2.05, 4.69) is 26.6 Å². The van der Waals surface area contributed by atoms with Crippen molar-refractivity contribution < 1.29 is 18.0 Å². The number of amides is 1. The molecule has 1 atom stereocenters. The minimum Gasteiger partial charge on any atom is -0.373 e. The normalized spacial score (nSPS) is 12.9. The van der Waals surface area contributed by atoms with E-state index >= 15 is 0 Å². The van der Waals surface area contributed by atoms with Crippen LogP contribution >= 0.6 is 15.9 Å². The van der Waals surface area contributed by atoms with Crippen LogP contribution in [0.5, 0.6) is 0 Å². The lowest BCUT2D eigenvalue weighted by molar-refractivity contribution is -0.137. The second kappa shape index (κ2) is 6.97. The Morgan fingerprint density at radius 3 is 2.60 bits per heavy atom. The number of benzene rings is 1. The van der Waals surface area contributed by atoms with Crippen LogP contribution in [0.15, 0.2) is 22.7 Å². The molecule has 112 valence electrons. The predicted octanol–water partition coefficient (Wildman–Crippen LogP) is 3.79. The zero-order valence-electron chi connectivity index (χ0n) is 11.1. The van der Waals surface area contributed by atoms with Crippen LogP contribution in [0.1, 0.15) is 25.8 Å². The molecule has 0 bridgehead atoms. The molecule has 1 aromatic rings. The van der Waals surface area contributed by atoms with Gasteiger partial charge in [0, 0.05) is 16.7 Å². The molecule has 1 amide bonds. The van der Waals surface area contributed by atoms with Gasteiger partial charge in [0.15, 0.2) is 0 Å². The van der Waals surface area contributed by atoms with Crippen molar-refractivity contribution in [2.45, 2.75) is 32.5 Å². The average Bonchev–Trinajstić information content (AvgIpc) is 2.34. The Morgan fingerprint density at radius 1 is 1.40 bits per heavy atom. The van der Waals surface area contributed by atoms with Gasteiger partial charge in [-0.2, -0.15) is 13.2 Å². The number of rotatable bonds is 5. The maximum absolute atomic E-state index is 12.9. The van der Waals surface area contributed by atoms with Crippen LogP contribution < -0.4 is 10.6 Å². The third-order valence-corrected chi connectivity index (χ3v) is 3.09. The highest BCUT2D eigenvalue weighted by Crippen LogP contribution is 2.36. The molecule has 0 fully saturated rings. The van der Waals surface area contributed by atoms with Gasteiger partial charge in [-0.05, 0) is 31.5 Å². The van der Waals surface area contributed by atoms with E-state index < -0.39 is 17.8 Å². The first-order chi connectivity index (χ1) is 9.25. The SMILES string of the molecule is CCCNC(=O)C(C)Nc1cc(Br)ccc1C(F)(F)F. The second-order valence-corrected chi connectivity index (χ2v) is 5.26. The molecular formula is C13H16BrF3N2O. The molecule has 3 nitrogen and oxygen atoms in total. The first kappa shape index (κ1) is 16.8. The van der Waals surface area contributed by atoms with Crippen LogP contribution in [0, 0.1) is 0 Å². The number of halogens is 4. The van der Waals surface area contributed by atoms with Crippen molar-refractivity contribution in [3.8, 4) is 0 Å². The van der Waals surface area contributed by atoms with Crippen molar-refractivity contribution in [2.24, 2.45) is 0 Å². The summed E-state index contributed by atoms with van der Waals surface area (Å²) in [5.41, 5.74) is -0.915. The average molecular weight is 353 g/mol. The molecule has 20 heavy (non-hydrogen) atoms. The fraction of sp³-hybridized carbons (Fsp3) is 0.462. The van der Waals surface area contributed by atoms with E-state index in [1.54, 1.807) is 0 Å². The van der Waals surface area contributed by atoms with Crippen LogP contribution in [0.4, 0.5) is 18.9 Å². The molecule has 0 saturated carbocycles. The summed E-state index contributed by atoms with van der Waals surface area (Å²) in [6.07, 6.45) is -3.70. The molecular weight excluding hydrogens is 337 g/mol. The highest BCUT2D eigenvalue weighted by Gasteiger charge is 2.34. The number of nitrogens with one attached hydrogen (secondary N) is 2. The van der Waals surface area contributed by atoms with Crippen LogP contribution in [0.25, 0.3) is 0 Å². The van der Waals surface area contributed by atoms with Gasteiger partial charge >= 0.3 is 6.18 Å². The van der Waals surface area contributed by atoms with Gasteiger partial charge in [-0.25, -0.2) is 0 Å². The third-order valence-electron chi connectivity index (χ3n) is 2.60. The second-order valence-electron chi connectivity index (χ2n) is 4.34. The summed E-state index contributed by atoms with van der Waals surface area (Å²) in [6.45, 7) is 3.91. The smallest absolute Gasteiger partial charge is 0.373 e. The quantitative estimate of drug-likeness (QED) is 0.846. The van der Waals surface area contributed by atoms with Gasteiger partial charge in [0.25, 0.3) is 0 Å². The lowest BCUT2D eigenvalue weighted by Crippen LogP contribution is -2.38. The fourth-order valence-corrected chi connectivity index (χ4v) is 1.94. The summed E-state index contributed by atoms with van der Waals surface area (Å²) < 4.78 is 39.1. The molecule has 1 rings (SSSR count). The van der Waals surface area contributed by atoms with Crippen LogP contribution in [0.2, 0.25) is 0 Å². The summed E-state index contributed by atoms with van der Waals surface area (Å²) in [5, 5.41) is 5.24. The van der Waals surface area contributed by atoms with E-state index in [1.165, 1.54) is 19.1 Å². The van der Waals surface area contributed by atoms with E-state index in [0.29, 0.717) is 11.0 Å². The Morgan fingerprint density at radius 2 is 2.05 bits per heavy atom. The Hall–Kier alpha value is -1.24. The van der Waals surface area contributed by atoms with E-state index in [1.807, 2.05) is 6.92 Å². The lowest BCUT2D eigenvalue weighted by Gasteiger charge is -2.19. The Balaban J connectivity index is 2.91. The third kappa shape index (κ3) is 4.70. The molecule has 7 heteroatoms. The highest BCUT2D eigenvalue weighted by atomic mass is 79.9. The predicted molar refractivity (Wildman–Crippen MR) is 75.5 cm³/mol. The molecule has 1 unspecified atom stereocenters. The van der Waals surface area contributed by atoms with Crippen LogP contribution in [0.3, 0.4) is 0 Å². The molecule has 0 aromatic heterocycles. The maximum Gasteiger partial charge on any atom is 0.418 e. The molecule has 0 heterocycles. The molecule has 2 N–H and O–H groups in total. The van der Waals surface area contributed by atoms with Gasteiger partial charge in [-0.15, -0.1) is 0 Å². The zero-order valence-corrected chi connectivity index (χ0v) is 12.7. The van der Waals surface area contributed by atoms with Crippen molar-refractivity contribution >= 4 is 27.5 Å². The molecule has 0 aliphatic heterocycles. The van der Waals surface area contributed by atoms with E-state index in [-0.39, 0.29) is 11.6 Å². The van der Waals surface area contributed by atoms with Crippen molar-refractivity contribution in [3.05, 3.63) is 28.2 Å². The number of carbonyl (C=O) groups is 1. The summed E-state index contributed by atoms with van der Waals surface area (Å²) in [5.74, 6) is -0.333. The largest absolute Gasteiger partial charge is 0.418 e. The Labute approximate surface area is 124 Å². The first-order valence-electron chi connectivity index (χ1n) is 6.16. The highest BCUT2D eigenvalue weighted by molar-refractivity contribution is 9.10. The van der Waals surface area contributed by atoms with Gasteiger partial charge in [-0.3, -0.25) is 4.79 Å². The van der Waals surface area contributed by atoms with Gasteiger partial charge in [0.1, 0.15) is 6.04 Å². The molecule has 0 saturated heterocycles. The van der Waals surface area contributed by atoms with E-state index in [0.717, 1.165) is 12.5 Å². The topological polar surface area (TPSA) is 41.1 Å². The summed E-state index contributed by atoms with van der Waals surface area (Å²) in [7, 11) is 0. The lowest BCUT2D eigenvalue weighted by atomic mass is 10.1. The molecule has 0 aliphatic rings. The zero-order chi connectivity index (χ0) is 15.3. The first-order valence-corrected chi connectivity index (χ1v) is 6.96. The molecule has 0 radical (unpaired) electrons. The number of hydrogen-bond donors (Lipinski definition) is 2. The van der Waals surface area contributed by atoms with Crippen molar-refractivity contribution in [3.63, 3.8) is 0 Å². The van der Waals surface area contributed by atoms with Crippen molar-refractivity contribution in [2.75, 3.05) is 11.9 Å². The van der Waals surface area contributed by atoms with Crippen molar-refractivity contribution in [1.82, 2.24) is 5.32 Å². The minimum absolute atomic E-state index is 0.119. The number of anilines is 1. The van der Waals surface area contributed by atoms with Gasteiger partial charge in [0.05, 0.1) is 5.56 Å². The summed E-state index contributed by atoms with van der Waals surface area (Å²) in [6, 6.07) is 2.85. The summed E-state index contributed by atoms with van der Waals surface area (Å²) in [4.78, 5) is 11.7. The van der Waals surface area contributed by atoms with E-state index in [4.69, 9.17) is 0 Å². The van der Waals surface area contributed by atoms with Crippen LogP contribution in [-0.2, 0) is 11.0 Å². The monoisotopic (exact) mass is 352 g/mol. The fourth-order valence-electron chi connectivity index (χ4n) is 1.58. The Bertz CT molecular complexity index is 477. The van der Waals surface area contributed by atoms with Crippen molar-refractivity contribution in [1.29, 1.82) is 0 Å². The number of carbonyl (C=O) groups excluding carboxylic acids is 1. The summed E-state index contributed by atoms with van der Waals surface area (Å²) >= 11 is 3.12. The molecule has 1 aromatic carbocycles. The van der Waals surface area contributed by atoms with Gasteiger partial charge < -0.3 is 10.6 Å². The minimum atomic E-state index is -4.47. The van der Waals surface area contributed by atoms with Gasteiger partial charge in [-0.1, -0.05) is 22.9 Å². The standard InChI is InChI=1S/C13H16BrF3N2O/c1-3-6-18-12(20)8(2)19-11-7-9(14)4-5-10(11)13(15,16)17/h4-5,7-8,19H,3,6H2,1-2H3,(H,18,20). The number of hydrogen-bond acceptors (Lipinski definition) is 2. The van der Waals surface area contributed by atoms with Crippen LogP contribution in [-0.4, -0.2) is 18.5 Å². The number of alkyl halides is 3. The Kier molecular flexibility index (Phi) is 5.86.